The summed E-state index contributed by atoms with van der Waals surface area (Å²) in [7, 11) is 0. The highest BCUT2D eigenvalue weighted by Gasteiger charge is 2.25. The first-order valence-corrected chi connectivity index (χ1v) is 7.88. The van der Waals surface area contributed by atoms with Gasteiger partial charge in [-0.2, -0.15) is 0 Å². The maximum atomic E-state index is 5.96. The van der Waals surface area contributed by atoms with Crippen LogP contribution in [0.2, 0.25) is 0 Å². The Bertz CT molecular complexity index is 608. The molecule has 0 radical (unpaired) electrons. The van der Waals surface area contributed by atoms with Crippen molar-refractivity contribution in [2.75, 3.05) is 12.5 Å². The summed E-state index contributed by atoms with van der Waals surface area (Å²) in [5.74, 6) is 1.73. The van der Waals surface area contributed by atoms with Crippen molar-refractivity contribution < 1.29 is 4.74 Å². The first-order valence-electron chi connectivity index (χ1n) is 7.34. The molecule has 3 rings (SSSR count). The van der Waals surface area contributed by atoms with Crippen LogP contribution in [0.5, 0.6) is 0 Å². The molecule has 0 saturated carbocycles. The predicted molar refractivity (Wildman–Crippen MR) is 82.6 cm³/mol. The Balaban J connectivity index is 2.11. The van der Waals surface area contributed by atoms with Gasteiger partial charge >= 0.3 is 0 Å². The third-order valence-corrected chi connectivity index (χ3v) is 4.32. The van der Waals surface area contributed by atoms with Gasteiger partial charge in [0.05, 0.1) is 17.1 Å². The monoisotopic (exact) mass is 292 g/mol. The van der Waals surface area contributed by atoms with Crippen molar-refractivity contribution >= 4 is 22.6 Å². The van der Waals surface area contributed by atoms with E-state index in [1.165, 1.54) is 11.1 Å². The molecule has 2 unspecified atom stereocenters. The summed E-state index contributed by atoms with van der Waals surface area (Å²) in [6.45, 7) is 5.10. The van der Waals surface area contributed by atoms with E-state index >= 15 is 0 Å². The zero-order valence-electron chi connectivity index (χ0n) is 12.1. The highest BCUT2D eigenvalue weighted by atomic mass is 35.5. The molecule has 1 saturated heterocycles. The number of rotatable bonds is 3. The number of ether oxygens (including phenoxy) is 1. The molecule has 2 atom stereocenters. The molecule has 0 amide bonds. The minimum Gasteiger partial charge on any atom is -0.378 e. The molecule has 0 aliphatic carbocycles. The Hall–Kier alpha value is -1.06. The van der Waals surface area contributed by atoms with Crippen molar-refractivity contribution in [1.29, 1.82) is 0 Å². The van der Waals surface area contributed by atoms with Crippen LogP contribution in [-0.2, 0) is 11.2 Å². The van der Waals surface area contributed by atoms with Gasteiger partial charge in [-0.05, 0) is 38.3 Å². The molecule has 0 spiro atoms. The average Bonchev–Trinajstić information content (AvgIpc) is 2.79. The number of aryl methyl sites for hydroxylation is 2. The minimum atomic E-state index is 0.319. The first-order chi connectivity index (χ1) is 9.70. The summed E-state index contributed by atoms with van der Waals surface area (Å²) in [6.07, 6.45) is 3.25. The molecule has 1 aromatic heterocycles. The number of aromatic nitrogens is 2. The lowest BCUT2D eigenvalue weighted by Gasteiger charge is -2.30. The van der Waals surface area contributed by atoms with E-state index in [2.05, 4.69) is 36.6 Å². The third-order valence-electron chi connectivity index (χ3n) is 4.14. The SMILES string of the molecule is Cc1cccc2c1nc(CCCl)n2C1CCOC(C)C1. The Morgan fingerprint density at radius 1 is 1.45 bits per heavy atom. The summed E-state index contributed by atoms with van der Waals surface area (Å²) >= 11 is 5.96. The maximum absolute atomic E-state index is 5.96. The van der Waals surface area contributed by atoms with Crippen molar-refractivity contribution in [3.05, 3.63) is 29.6 Å². The van der Waals surface area contributed by atoms with E-state index in [9.17, 15) is 0 Å². The third kappa shape index (κ3) is 2.45. The Morgan fingerprint density at radius 2 is 2.30 bits per heavy atom. The van der Waals surface area contributed by atoms with Crippen molar-refractivity contribution in [3.8, 4) is 0 Å². The summed E-state index contributed by atoms with van der Waals surface area (Å²) in [5.41, 5.74) is 3.59. The van der Waals surface area contributed by atoms with Crippen molar-refractivity contribution in [3.63, 3.8) is 0 Å². The van der Waals surface area contributed by atoms with Crippen molar-refractivity contribution in [2.24, 2.45) is 0 Å². The lowest BCUT2D eigenvalue weighted by atomic mass is 10.0. The summed E-state index contributed by atoms with van der Waals surface area (Å²) in [5, 5.41) is 0. The van der Waals surface area contributed by atoms with Crippen LogP contribution in [0.15, 0.2) is 18.2 Å². The minimum absolute atomic E-state index is 0.319. The lowest BCUT2D eigenvalue weighted by Crippen LogP contribution is -2.26. The molecule has 2 heterocycles. The summed E-state index contributed by atoms with van der Waals surface area (Å²) in [6, 6.07) is 6.89. The smallest absolute Gasteiger partial charge is 0.111 e. The van der Waals surface area contributed by atoms with E-state index in [1.807, 2.05) is 0 Å². The molecule has 0 bridgehead atoms. The number of hydrogen-bond acceptors (Lipinski definition) is 2. The fraction of sp³-hybridized carbons (Fsp3) is 0.562. The van der Waals surface area contributed by atoms with Crippen LogP contribution in [0.25, 0.3) is 11.0 Å². The molecule has 1 fully saturated rings. The predicted octanol–water partition coefficient (Wildman–Crippen LogP) is 3.87. The fourth-order valence-corrected chi connectivity index (χ4v) is 3.35. The quantitative estimate of drug-likeness (QED) is 0.803. The standard InChI is InChI=1S/C16H21ClN2O/c1-11-4-3-5-14-16(11)18-15(6-8-17)19(14)13-7-9-20-12(2)10-13/h3-5,12-13H,6-10H2,1-2H3. The van der Waals surface area contributed by atoms with Crippen LogP contribution in [0.4, 0.5) is 0 Å². The largest absolute Gasteiger partial charge is 0.378 e. The van der Waals surface area contributed by atoms with Gasteiger partial charge in [0.25, 0.3) is 0 Å². The Kier molecular flexibility index (Phi) is 3.99. The van der Waals surface area contributed by atoms with Crippen LogP contribution >= 0.6 is 11.6 Å². The molecule has 1 aliphatic rings. The van der Waals surface area contributed by atoms with E-state index in [0.717, 1.165) is 37.2 Å². The maximum Gasteiger partial charge on any atom is 0.111 e. The van der Waals surface area contributed by atoms with Crippen molar-refractivity contribution in [2.45, 2.75) is 45.3 Å². The van der Waals surface area contributed by atoms with Crippen LogP contribution in [0.1, 0.15) is 37.2 Å². The van der Waals surface area contributed by atoms with Crippen LogP contribution in [0.3, 0.4) is 0 Å². The summed E-state index contributed by atoms with van der Waals surface area (Å²) in [4.78, 5) is 4.84. The second kappa shape index (κ2) is 5.74. The number of hydrogen-bond donors (Lipinski definition) is 0. The molecule has 2 aromatic rings. The van der Waals surface area contributed by atoms with Gasteiger partial charge in [-0.3, -0.25) is 0 Å². The van der Waals surface area contributed by atoms with Gasteiger partial charge in [0.15, 0.2) is 0 Å². The van der Waals surface area contributed by atoms with Crippen LogP contribution in [0, 0.1) is 6.92 Å². The number of benzene rings is 1. The van der Waals surface area contributed by atoms with E-state index in [4.69, 9.17) is 21.3 Å². The van der Waals surface area contributed by atoms with Gasteiger partial charge < -0.3 is 9.30 Å². The van der Waals surface area contributed by atoms with Gasteiger partial charge in [0, 0.05) is 24.9 Å². The molecular weight excluding hydrogens is 272 g/mol. The average molecular weight is 293 g/mol. The lowest BCUT2D eigenvalue weighted by molar-refractivity contribution is 0.00625. The molecule has 1 aromatic carbocycles. The molecule has 0 N–H and O–H groups in total. The van der Waals surface area contributed by atoms with Crippen LogP contribution in [-0.4, -0.2) is 28.1 Å². The van der Waals surface area contributed by atoms with Gasteiger partial charge in [-0.25, -0.2) is 4.98 Å². The molecule has 108 valence electrons. The number of alkyl halides is 1. The van der Waals surface area contributed by atoms with E-state index in [1.54, 1.807) is 0 Å². The molecule has 4 heteroatoms. The topological polar surface area (TPSA) is 27.1 Å². The van der Waals surface area contributed by atoms with Gasteiger partial charge in [0.2, 0.25) is 0 Å². The van der Waals surface area contributed by atoms with Gasteiger partial charge in [-0.1, -0.05) is 12.1 Å². The Morgan fingerprint density at radius 3 is 3.05 bits per heavy atom. The molecule has 20 heavy (non-hydrogen) atoms. The first kappa shape index (κ1) is 13.9. The number of fused-ring (bicyclic) bond motifs is 1. The van der Waals surface area contributed by atoms with E-state index in [0.29, 0.717) is 18.0 Å². The second-order valence-corrected chi connectivity index (χ2v) is 6.02. The zero-order chi connectivity index (χ0) is 14.1. The highest BCUT2D eigenvalue weighted by Crippen LogP contribution is 2.31. The second-order valence-electron chi connectivity index (χ2n) is 5.64. The number of halogens is 1. The normalized spacial score (nSPS) is 23.4. The number of imidazole rings is 1. The van der Waals surface area contributed by atoms with Crippen molar-refractivity contribution in [1.82, 2.24) is 9.55 Å². The zero-order valence-corrected chi connectivity index (χ0v) is 12.9. The van der Waals surface area contributed by atoms with E-state index < -0.39 is 0 Å². The van der Waals surface area contributed by atoms with E-state index in [-0.39, 0.29) is 0 Å². The highest BCUT2D eigenvalue weighted by molar-refractivity contribution is 6.17. The van der Waals surface area contributed by atoms with Gasteiger partial charge in [-0.15, -0.1) is 11.6 Å². The molecular formula is C16H21ClN2O. The number of para-hydroxylation sites is 1. The summed E-state index contributed by atoms with van der Waals surface area (Å²) < 4.78 is 8.09. The Labute approximate surface area is 124 Å². The van der Waals surface area contributed by atoms with Gasteiger partial charge in [0.1, 0.15) is 5.82 Å². The van der Waals surface area contributed by atoms with Crippen LogP contribution < -0.4 is 0 Å². The molecule has 1 aliphatic heterocycles. The molecule has 3 nitrogen and oxygen atoms in total. The number of nitrogens with zero attached hydrogens (tertiary/aromatic N) is 2. The fourth-order valence-electron chi connectivity index (χ4n) is 3.18.